The van der Waals surface area contributed by atoms with Crippen LogP contribution in [0.15, 0.2) is 52.4 Å². The molecule has 27 heavy (non-hydrogen) atoms. The highest BCUT2D eigenvalue weighted by Gasteiger charge is 2.24. The molecular weight excluding hydrogens is 368 g/mol. The summed E-state index contributed by atoms with van der Waals surface area (Å²) in [6, 6.07) is 11.5. The number of aromatic carboxylic acids is 1. The summed E-state index contributed by atoms with van der Waals surface area (Å²) in [6.45, 7) is 0. The Kier molecular flexibility index (Phi) is 5.46. The predicted molar refractivity (Wildman–Crippen MR) is 104 cm³/mol. The first-order chi connectivity index (χ1) is 13.0. The molecule has 0 radical (unpaired) electrons. The van der Waals surface area contributed by atoms with E-state index in [-0.39, 0.29) is 11.5 Å². The van der Waals surface area contributed by atoms with Crippen LogP contribution >= 0.6 is 11.8 Å². The Hall–Kier alpha value is -3.26. The van der Waals surface area contributed by atoms with Gasteiger partial charge in [0.1, 0.15) is 11.5 Å². The van der Waals surface area contributed by atoms with Crippen LogP contribution in [0.25, 0.3) is 6.08 Å². The monoisotopic (exact) mass is 384 g/mol. The quantitative estimate of drug-likeness (QED) is 0.768. The lowest BCUT2D eigenvalue weighted by atomic mass is 10.1. The smallest absolute Gasteiger partial charge is 0.335 e. The molecular formula is C19H16N2O5S. The zero-order valence-electron chi connectivity index (χ0n) is 14.6. The van der Waals surface area contributed by atoms with Crippen molar-refractivity contribution in [1.82, 2.24) is 5.32 Å². The zero-order valence-corrected chi connectivity index (χ0v) is 15.4. The van der Waals surface area contributed by atoms with Gasteiger partial charge in [-0.05, 0) is 54.2 Å². The number of carbonyl (C=O) groups is 2. The molecule has 0 aromatic heterocycles. The molecule has 8 heteroatoms. The largest absolute Gasteiger partial charge is 0.497 e. The molecule has 3 rings (SSSR count). The second-order valence-corrected chi connectivity index (χ2v) is 6.48. The van der Waals surface area contributed by atoms with Crippen LogP contribution in [0.4, 0.5) is 5.69 Å². The molecule has 1 aliphatic heterocycles. The lowest BCUT2D eigenvalue weighted by molar-refractivity contribution is -0.115. The van der Waals surface area contributed by atoms with E-state index in [0.717, 1.165) is 11.8 Å². The molecule has 0 saturated carbocycles. The van der Waals surface area contributed by atoms with E-state index in [1.54, 1.807) is 50.6 Å². The van der Waals surface area contributed by atoms with Gasteiger partial charge in [-0.3, -0.25) is 4.79 Å². The van der Waals surface area contributed by atoms with Crippen molar-refractivity contribution in [2.24, 2.45) is 4.99 Å². The molecule has 138 valence electrons. The third-order valence-corrected chi connectivity index (χ3v) is 4.61. The number of thioether (sulfide) groups is 1. The fourth-order valence-corrected chi connectivity index (χ4v) is 3.23. The number of amidine groups is 1. The number of nitrogens with one attached hydrogen (secondary N) is 1. The minimum absolute atomic E-state index is 0.128. The number of hydrogen-bond donors (Lipinski definition) is 2. The highest BCUT2D eigenvalue weighted by Crippen LogP contribution is 2.32. The van der Waals surface area contributed by atoms with Crippen LogP contribution in [0.5, 0.6) is 11.5 Å². The van der Waals surface area contributed by atoms with E-state index in [0.29, 0.717) is 32.8 Å². The lowest BCUT2D eigenvalue weighted by Gasteiger charge is -2.07. The molecule has 0 bridgehead atoms. The Morgan fingerprint density at radius 3 is 2.70 bits per heavy atom. The molecule has 2 aromatic rings. The first kappa shape index (κ1) is 18.5. The van der Waals surface area contributed by atoms with Crippen molar-refractivity contribution in [3.63, 3.8) is 0 Å². The van der Waals surface area contributed by atoms with Crippen molar-refractivity contribution in [1.29, 1.82) is 0 Å². The first-order valence-corrected chi connectivity index (χ1v) is 8.67. The van der Waals surface area contributed by atoms with Gasteiger partial charge in [0.25, 0.3) is 5.91 Å². The molecule has 1 fully saturated rings. The van der Waals surface area contributed by atoms with Gasteiger partial charge < -0.3 is 19.9 Å². The Labute approximate surface area is 159 Å². The summed E-state index contributed by atoms with van der Waals surface area (Å²) < 4.78 is 10.5. The average Bonchev–Trinajstić information content (AvgIpc) is 3.00. The van der Waals surface area contributed by atoms with Gasteiger partial charge in [0, 0.05) is 5.56 Å². The van der Waals surface area contributed by atoms with Crippen LogP contribution in [-0.2, 0) is 4.79 Å². The maximum Gasteiger partial charge on any atom is 0.335 e. The maximum absolute atomic E-state index is 12.3. The van der Waals surface area contributed by atoms with E-state index in [2.05, 4.69) is 10.3 Å². The van der Waals surface area contributed by atoms with Gasteiger partial charge >= 0.3 is 5.97 Å². The number of amides is 1. The Balaban J connectivity index is 1.89. The molecule has 1 saturated heterocycles. The highest BCUT2D eigenvalue weighted by molar-refractivity contribution is 8.18. The second-order valence-electron chi connectivity index (χ2n) is 5.45. The lowest BCUT2D eigenvalue weighted by Crippen LogP contribution is -2.19. The number of rotatable bonds is 5. The van der Waals surface area contributed by atoms with E-state index in [1.807, 2.05) is 0 Å². The topological polar surface area (TPSA) is 97.2 Å². The molecule has 0 aliphatic carbocycles. The van der Waals surface area contributed by atoms with Gasteiger partial charge in [-0.25, -0.2) is 9.79 Å². The summed E-state index contributed by atoms with van der Waals surface area (Å²) in [4.78, 5) is 28.1. The standard InChI is InChI=1S/C19H16N2O5S/c1-25-14-6-7-15(26-2)12(9-14)10-16-17(22)21-19(27-16)20-13-5-3-4-11(8-13)18(23)24/h3-10H,1-2H3,(H,23,24)(H,20,21,22)/b16-10+. The van der Waals surface area contributed by atoms with E-state index >= 15 is 0 Å². The van der Waals surface area contributed by atoms with Gasteiger partial charge in [-0.2, -0.15) is 0 Å². The van der Waals surface area contributed by atoms with E-state index in [1.165, 1.54) is 12.1 Å². The number of aliphatic imine (C=N–C) groups is 1. The fraction of sp³-hybridized carbons (Fsp3) is 0.105. The molecule has 1 aliphatic rings. The number of methoxy groups -OCH3 is 2. The maximum atomic E-state index is 12.3. The van der Waals surface area contributed by atoms with Gasteiger partial charge in [0.15, 0.2) is 5.17 Å². The van der Waals surface area contributed by atoms with Crippen molar-refractivity contribution in [3.05, 3.63) is 58.5 Å². The number of nitrogens with zero attached hydrogens (tertiary/aromatic N) is 1. The van der Waals surface area contributed by atoms with Crippen molar-refractivity contribution >= 4 is 40.6 Å². The van der Waals surface area contributed by atoms with E-state index < -0.39 is 5.97 Å². The molecule has 2 aromatic carbocycles. The predicted octanol–water partition coefficient (Wildman–Crippen LogP) is 3.29. The van der Waals surface area contributed by atoms with Crippen LogP contribution in [0.2, 0.25) is 0 Å². The molecule has 1 amide bonds. The second kappa shape index (κ2) is 7.96. The van der Waals surface area contributed by atoms with Gasteiger partial charge in [0.05, 0.1) is 30.4 Å². The Morgan fingerprint density at radius 2 is 2.00 bits per heavy atom. The molecule has 0 spiro atoms. The summed E-state index contributed by atoms with van der Waals surface area (Å²) in [7, 11) is 3.11. The van der Waals surface area contributed by atoms with Crippen LogP contribution in [0.3, 0.4) is 0 Å². The third-order valence-electron chi connectivity index (χ3n) is 3.70. The summed E-state index contributed by atoms with van der Waals surface area (Å²) in [5.41, 5.74) is 1.27. The van der Waals surface area contributed by atoms with Crippen LogP contribution < -0.4 is 14.8 Å². The molecule has 1 heterocycles. The summed E-state index contributed by atoms with van der Waals surface area (Å²) >= 11 is 1.16. The summed E-state index contributed by atoms with van der Waals surface area (Å²) in [5, 5.41) is 12.1. The number of ether oxygens (including phenoxy) is 2. The van der Waals surface area contributed by atoms with Crippen molar-refractivity contribution in [3.8, 4) is 11.5 Å². The first-order valence-electron chi connectivity index (χ1n) is 7.85. The van der Waals surface area contributed by atoms with E-state index in [9.17, 15) is 9.59 Å². The number of benzene rings is 2. The molecule has 0 unspecified atom stereocenters. The molecule has 0 atom stereocenters. The Morgan fingerprint density at radius 1 is 1.19 bits per heavy atom. The number of carboxylic acid groups (broad SMARTS) is 1. The Bertz CT molecular complexity index is 968. The van der Waals surface area contributed by atoms with Gasteiger partial charge in [0.2, 0.25) is 0 Å². The molecule has 7 nitrogen and oxygen atoms in total. The van der Waals surface area contributed by atoms with Crippen LogP contribution in [-0.4, -0.2) is 36.4 Å². The van der Waals surface area contributed by atoms with Crippen LogP contribution in [0, 0.1) is 0 Å². The number of carboxylic acids is 1. The normalized spacial score (nSPS) is 16.4. The van der Waals surface area contributed by atoms with Crippen LogP contribution in [0.1, 0.15) is 15.9 Å². The van der Waals surface area contributed by atoms with Gasteiger partial charge in [-0.15, -0.1) is 0 Å². The highest BCUT2D eigenvalue weighted by atomic mass is 32.2. The number of carbonyl (C=O) groups excluding carboxylic acids is 1. The summed E-state index contributed by atoms with van der Waals surface area (Å²) in [6.07, 6.45) is 1.69. The SMILES string of the molecule is COc1ccc(OC)c(/C=C2/SC(=Nc3cccc(C(=O)O)c3)NC2=O)c1. The minimum atomic E-state index is -1.04. The zero-order chi connectivity index (χ0) is 19.4. The fourth-order valence-electron chi connectivity index (χ4n) is 2.40. The number of hydrogen-bond acceptors (Lipinski definition) is 6. The average molecular weight is 384 g/mol. The van der Waals surface area contributed by atoms with Crippen molar-refractivity contribution in [2.75, 3.05) is 14.2 Å². The third kappa shape index (κ3) is 4.29. The minimum Gasteiger partial charge on any atom is -0.497 e. The van der Waals surface area contributed by atoms with Crippen molar-refractivity contribution < 1.29 is 24.2 Å². The van der Waals surface area contributed by atoms with E-state index in [4.69, 9.17) is 14.6 Å². The molecule has 2 N–H and O–H groups in total. The van der Waals surface area contributed by atoms with Crippen molar-refractivity contribution in [2.45, 2.75) is 0 Å². The van der Waals surface area contributed by atoms with Gasteiger partial charge in [-0.1, -0.05) is 6.07 Å². The summed E-state index contributed by atoms with van der Waals surface area (Å²) in [5.74, 6) is -0.0782.